The van der Waals surface area contributed by atoms with Gasteiger partial charge in [0.05, 0.1) is 0 Å². The molecule has 1 atom stereocenters. The Balaban J connectivity index is 2.38. The number of carbonyl (C=O) groups is 2. The Morgan fingerprint density at radius 3 is 2.67 bits per heavy atom. The fourth-order valence-electron chi connectivity index (χ4n) is 1.97. The van der Waals surface area contributed by atoms with Crippen molar-refractivity contribution in [1.29, 1.82) is 0 Å². The number of nitrogens with zero attached hydrogens (tertiary/aromatic N) is 1. The number of likely N-dealkylation sites (tertiary alicyclic amines) is 1. The van der Waals surface area contributed by atoms with Gasteiger partial charge in [-0.05, 0) is 33.6 Å². The Morgan fingerprint density at radius 1 is 1.44 bits per heavy atom. The third kappa shape index (κ3) is 4.72. The third-order valence-corrected chi connectivity index (χ3v) is 2.92. The molecule has 18 heavy (non-hydrogen) atoms. The highest BCUT2D eigenvalue weighted by Crippen LogP contribution is 2.17. The molecule has 0 bridgehead atoms. The normalized spacial score (nSPS) is 19.8. The summed E-state index contributed by atoms with van der Waals surface area (Å²) in [6, 6.07) is 0.0313. The van der Waals surface area contributed by atoms with Crippen LogP contribution in [0, 0.1) is 0 Å². The van der Waals surface area contributed by atoms with Crippen LogP contribution in [0.25, 0.3) is 0 Å². The molecular weight excluding hydrogens is 256 g/mol. The average molecular weight is 277 g/mol. The molecule has 1 rings (SSSR count). The molecule has 0 unspecified atom stereocenters. The Hall–Kier alpha value is -0.970. The second-order valence-corrected chi connectivity index (χ2v) is 5.67. The lowest BCUT2D eigenvalue weighted by Crippen LogP contribution is -2.44. The molecule has 1 N–H and O–H groups in total. The summed E-state index contributed by atoms with van der Waals surface area (Å²) in [6.45, 7) is 6.56. The van der Waals surface area contributed by atoms with Gasteiger partial charge in [-0.3, -0.25) is 4.79 Å². The minimum absolute atomic E-state index is 0.0110. The van der Waals surface area contributed by atoms with Crippen molar-refractivity contribution in [1.82, 2.24) is 10.2 Å². The highest BCUT2D eigenvalue weighted by Gasteiger charge is 2.28. The van der Waals surface area contributed by atoms with Gasteiger partial charge in [0.2, 0.25) is 5.91 Å². The number of alkyl carbamates (subject to hydrolysis) is 1. The summed E-state index contributed by atoms with van der Waals surface area (Å²) in [7, 11) is 0. The fraction of sp³-hybridized carbons (Fsp3) is 0.833. The van der Waals surface area contributed by atoms with Crippen LogP contribution in [0.5, 0.6) is 0 Å². The molecule has 0 saturated carbocycles. The Bertz CT molecular complexity index is 315. The van der Waals surface area contributed by atoms with Gasteiger partial charge in [-0.15, -0.1) is 11.6 Å². The summed E-state index contributed by atoms with van der Waals surface area (Å²) >= 11 is 5.54. The topological polar surface area (TPSA) is 58.6 Å². The van der Waals surface area contributed by atoms with E-state index >= 15 is 0 Å². The first-order chi connectivity index (χ1) is 8.33. The largest absolute Gasteiger partial charge is 0.444 e. The minimum Gasteiger partial charge on any atom is -0.444 e. The lowest BCUT2D eigenvalue weighted by Gasteiger charge is -2.25. The van der Waals surface area contributed by atoms with E-state index in [2.05, 4.69) is 5.32 Å². The van der Waals surface area contributed by atoms with E-state index in [1.54, 1.807) is 4.90 Å². The van der Waals surface area contributed by atoms with Crippen LogP contribution in [0.15, 0.2) is 0 Å². The van der Waals surface area contributed by atoms with Crippen LogP contribution < -0.4 is 5.32 Å². The molecule has 0 radical (unpaired) electrons. The van der Waals surface area contributed by atoms with Crippen LogP contribution in [-0.2, 0) is 9.53 Å². The number of rotatable bonds is 3. The maximum absolute atomic E-state index is 11.5. The molecule has 2 amide bonds. The van der Waals surface area contributed by atoms with E-state index in [9.17, 15) is 9.59 Å². The van der Waals surface area contributed by atoms with Crippen molar-refractivity contribution in [2.45, 2.75) is 45.3 Å². The number of ether oxygens (including phenoxy) is 1. The Labute approximate surface area is 113 Å². The highest BCUT2D eigenvalue weighted by atomic mass is 35.5. The first-order valence-electron chi connectivity index (χ1n) is 6.16. The van der Waals surface area contributed by atoms with Crippen molar-refractivity contribution < 1.29 is 14.3 Å². The zero-order valence-corrected chi connectivity index (χ0v) is 11.9. The molecule has 0 aromatic rings. The summed E-state index contributed by atoms with van der Waals surface area (Å²) in [5.74, 6) is -0.0895. The number of hydrogen-bond donors (Lipinski definition) is 1. The summed E-state index contributed by atoms with van der Waals surface area (Å²) < 4.78 is 5.14. The molecule has 0 aromatic heterocycles. The van der Waals surface area contributed by atoms with Crippen LogP contribution in [0.1, 0.15) is 33.6 Å². The predicted octanol–water partition coefficient (Wildman–Crippen LogP) is 1.74. The molecule has 0 spiro atoms. The van der Waals surface area contributed by atoms with Crippen LogP contribution in [0.3, 0.4) is 0 Å². The monoisotopic (exact) mass is 276 g/mol. The van der Waals surface area contributed by atoms with Gasteiger partial charge in [0.25, 0.3) is 0 Å². The lowest BCUT2D eigenvalue weighted by atomic mass is 10.2. The first kappa shape index (κ1) is 15.1. The minimum atomic E-state index is -0.509. The third-order valence-electron chi connectivity index (χ3n) is 2.69. The summed E-state index contributed by atoms with van der Waals surface area (Å²) in [6.07, 6.45) is 1.38. The van der Waals surface area contributed by atoms with Gasteiger partial charge in [-0.1, -0.05) is 0 Å². The smallest absolute Gasteiger partial charge is 0.407 e. The van der Waals surface area contributed by atoms with Gasteiger partial charge in [0.15, 0.2) is 0 Å². The van der Waals surface area contributed by atoms with Crippen LogP contribution in [0.4, 0.5) is 4.79 Å². The zero-order chi connectivity index (χ0) is 13.8. The van der Waals surface area contributed by atoms with E-state index in [4.69, 9.17) is 16.3 Å². The molecule has 0 aromatic carbocycles. The Morgan fingerprint density at radius 2 is 2.11 bits per heavy atom. The second kappa shape index (κ2) is 6.27. The van der Waals surface area contributed by atoms with E-state index in [0.29, 0.717) is 13.1 Å². The number of halogens is 1. The van der Waals surface area contributed by atoms with Crippen molar-refractivity contribution in [3.63, 3.8) is 0 Å². The molecule has 5 nitrogen and oxygen atoms in total. The van der Waals surface area contributed by atoms with E-state index in [1.165, 1.54) is 0 Å². The summed E-state index contributed by atoms with van der Waals surface area (Å²) in [4.78, 5) is 24.8. The molecular formula is C12H21ClN2O3. The SMILES string of the molecule is CC(C)(C)OC(=O)NC[C@@H]1CCCN1C(=O)CCl. The maximum atomic E-state index is 11.5. The Kier molecular flexibility index (Phi) is 5.26. The fourth-order valence-corrected chi connectivity index (χ4v) is 2.12. The first-order valence-corrected chi connectivity index (χ1v) is 6.69. The molecule has 0 aliphatic carbocycles. The van der Waals surface area contributed by atoms with Crippen LogP contribution in [0.2, 0.25) is 0 Å². The predicted molar refractivity (Wildman–Crippen MR) is 69.7 cm³/mol. The number of alkyl halides is 1. The van der Waals surface area contributed by atoms with Gasteiger partial charge < -0.3 is 15.0 Å². The van der Waals surface area contributed by atoms with Gasteiger partial charge in [-0.2, -0.15) is 0 Å². The van der Waals surface area contributed by atoms with Crippen molar-refractivity contribution in [2.75, 3.05) is 19.0 Å². The number of hydrogen-bond acceptors (Lipinski definition) is 3. The van der Waals surface area contributed by atoms with E-state index in [1.807, 2.05) is 20.8 Å². The summed E-state index contributed by atoms with van der Waals surface area (Å²) in [5, 5.41) is 2.69. The zero-order valence-electron chi connectivity index (χ0n) is 11.2. The number of amides is 2. The van der Waals surface area contributed by atoms with Gasteiger partial charge in [-0.25, -0.2) is 4.79 Å². The molecule has 104 valence electrons. The maximum Gasteiger partial charge on any atom is 0.407 e. The lowest BCUT2D eigenvalue weighted by molar-refractivity contribution is -0.129. The van der Waals surface area contributed by atoms with E-state index < -0.39 is 11.7 Å². The van der Waals surface area contributed by atoms with E-state index in [0.717, 1.165) is 12.8 Å². The van der Waals surface area contributed by atoms with Crippen molar-refractivity contribution in [2.24, 2.45) is 0 Å². The molecule has 1 fully saturated rings. The molecule has 1 heterocycles. The molecule has 1 aliphatic rings. The molecule has 6 heteroatoms. The number of nitrogens with one attached hydrogen (secondary N) is 1. The van der Waals surface area contributed by atoms with Crippen LogP contribution >= 0.6 is 11.6 Å². The van der Waals surface area contributed by atoms with E-state index in [-0.39, 0.29) is 17.8 Å². The van der Waals surface area contributed by atoms with Gasteiger partial charge in [0, 0.05) is 19.1 Å². The van der Waals surface area contributed by atoms with Crippen molar-refractivity contribution >= 4 is 23.6 Å². The van der Waals surface area contributed by atoms with Gasteiger partial charge >= 0.3 is 6.09 Å². The number of carbonyl (C=O) groups excluding carboxylic acids is 2. The van der Waals surface area contributed by atoms with Crippen molar-refractivity contribution in [3.8, 4) is 0 Å². The standard InChI is InChI=1S/C12H21ClN2O3/c1-12(2,3)18-11(17)14-8-9-5-4-6-15(9)10(16)7-13/h9H,4-8H2,1-3H3,(H,14,17)/t9-/m0/s1. The molecule has 1 aliphatic heterocycles. The average Bonchev–Trinajstić information content (AvgIpc) is 2.71. The van der Waals surface area contributed by atoms with Crippen LogP contribution in [-0.4, -0.2) is 47.5 Å². The quantitative estimate of drug-likeness (QED) is 0.799. The van der Waals surface area contributed by atoms with Gasteiger partial charge in [0.1, 0.15) is 11.5 Å². The molecule has 1 saturated heterocycles. The second-order valence-electron chi connectivity index (χ2n) is 5.40. The summed E-state index contributed by atoms with van der Waals surface area (Å²) in [5.41, 5.74) is -0.509. The highest BCUT2D eigenvalue weighted by molar-refractivity contribution is 6.27. The van der Waals surface area contributed by atoms with Crippen molar-refractivity contribution in [3.05, 3.63) is 0 Å².